The van der Waals surface area contributed by atoms with Gasteiger partial charge in [0.1, 0.15) is 55.4 Å². The van der Waals surface area contributed by atoms with Gasteiger partial charge in [-0.05, 0) is 151 Å². The minimum absolute atomic E-state index is 0.0301. The zero-order valence-electron chi connectivity index (χ0n) is 49.1. The van der Waals surface area contributed by atoms with Crippen molar-refractivity contribution in [1.82, 2.24) is 10.6 Å². The highest BCUT2D eigenvalue weighted by Crippen LogP contribution is 2.35. The van der Waals surface area contributed by atoms with Crippen LogP contribution in [0.4, 0.5) is 0 Å². The van der Waals surface area contributed by atoms with Crippen molar-refractivity contribution in [2.75, 3.05) is 39.5 Å². The molecule has 11 rings (SSSR count). The van der Waals surface area contributed by atoms with Crippen LogP contribution in [0.2, 0.25) is 0 Å². The van der Waals surface area contributed by atoms with Crippen molar-refractivity contribution in [2.24, 2.45) is 5.73 Å². The topological polar surface area (TPSA) is 270 Å². The molecule has 8 aromatic rings. The van der Waals surface area contributed by atoms with Crippen LogP contribution in [0.1, 0.15) is 47.1 Å². The zero-order valence-corrected chi connectivity index (χ0v) is 52.3. The Morgan fingerprint density at radius 3 is 1.11 bits per heavy atom. The Bertz CT molecular complexity index is 4010. The maximum Gasteiger partial charge on any atom is 0.247 e. The molecule has 3 aliphatic heterocycles. The first kappa shape index (κ1) is 67.7. The van der Waals surface area contributed by atoms with E-state index >= 15 is 0 Å². The molecule has 22 heteroatoms. The highest BCUT2D eigenvalue weighted by Gasteiger charge is 2.28. The van der Waals surface area contributed by atoms with Crippen LogP contribution in [0.3, 0.4) is 0 Å². The Hall–Kier alpha value is -8.25. The van der Waals surface area contributed by atoms with Gasteiger partial charge >= 0.3 is 0 Å². The number of fused-ring (bicyclic) bond motifs is 3. The number of aliphatic hydroxyl groups is 1. The van der Waals surface area contributed by atoms with Crippen LogP contribution < -0.4 is 30.6 Å². The first-order valence-corrected chi connectivity index (χ1v) is 33.8. The zero-order chi connectivity index (χ0) is 63.9. The van der Waals surface area contributed by atoms with Crippen molar-refractivity contribution < 1.29 is 68.4 Å². The van der Waals surface area contributed by atoms with Gasteiger partial charge in [-0.2, -0.15) is 0 Å². The quantitative estimate of drug-likeness (QED) is 0.0518. The Labute approximate surface area is 530 Å². The number of aliphatic hydroxyl groups excluding tert-OH is 1. The number of hydrogen-bond donors (Lipinski definition) is 4. The number of rotatable bonds is 20. The summed E-state index contributed by atoms with van der Waals surface area (Å²) in [5.41, 5.74) is 10.6. The Morgan fingerprint density at radius 2 is 0.767 bits per heavy atom. The summed E-state index contributed by atoms with van der Waals surface area (Å²) in [5.74, 6) is 1.03. The van der Waals surface area contributed by atoms with E-state index in [-0.39, 0.29) is 73.4 Å². The first-order valence-electron chi connectivity index (χ1n) is 29.0. The van der Waals surface area contributed by atoms with E-state index in [4.69, 9.17) is 46.1 Å². The van der Waals surface area contributed by atoms with Gasteiger partial charge in [0.15, 0.2) is 0 Å². The Balaban J connectivity index is 0.000000162. The standard InChI is InChI=1S/C25H25NO5S.C18H19NO5S.C16H17NO3S.C9H9ClO2/c27-25(18-30-17-19-7-3-1-4-8-19)26-16-21-13-11-20-12-14-23(15-24(20)31-21)32(28,29)22-9-5-2-6-10-22;20-12-18(21)19-11-14-8-6-13-7-9-16(10-17(13)24-14)25(22,23)15-4-2-1-3-5-15;17-11-13-8-6-12-7-9-15(10-16(12)20-13)21(18,19)14-4-2-1-3-5-14;10-9(11)7-12-6-8-4-2-1-3-5-8/h1-10,12,14-15,21H,11,13,16-18H2,(H,26,27);1-5,7,9-10,14,20H,6,8,11-12H2,(H,19,21);1-5,7,9-10,13H,6,8,11,17H2;1-5H,6-7H2/t21-;14-;;/m11../s1. The van der Waals surface area contributed by atoms with Crippen LogP contribution >= 0.6 is 11.6 Å². The van der Waals surface area contributed by atoms with Crippen LogP contribution in [-0.4, -0.2) is 105 Å². The van der Waals surface area contributed by atoms with E-state index in [0.29, 0.717) is 50.0 Å². The Kier molecular flexibility index (Phi) is 24.8. The summed E-state index contributed by atoms with van der Waals surface area (Å²) in [6.07, 6.45) is 4.16. The van der Waals surface area contributed by atoms with Crippen LogP contribution in [-0.2, 0) is 85.8 Å². The number of ether oxygens (including phenoxy) is 5. The lowest BCUT2D eigenvalue weighted by Gasteiger charge is -2.26. The molecule has 8 aromatic carbocycles. The van der Waals surface area contributed by atoms with Crippen molar-refractivity contribution in [2.45, 2.75) is 99.4 Å². The maximum atomic E-state index is 12.9. The number of benzene rings is 8. The molecule has 5 N–H and O–H groups in total. The molecule has 0 aromatic heterocycles. The molecule has 0 saturated carbocycles. The van der Waals surface area contributed by atoms with Crippen molar-refractivity contribution in [3.8, 4) is 17.2 Å². The third-order valence-corrected chi connectivity index (χ3v) is 19.8. The predicted molar refractivity (Wildman–Crippen MR) is 338 cm³/mol. The van der Waals surface area contributed by atoms with Gasteiger partial charge < -0.3 is 45.2 Å². The predicted octanol–water partition coefficient (Wildman–Crippen LogP) is 9.01. The molecule has 0 aliphatic carbocycles. The molecule has 0 fully saturated rings. The second kappa shape index (κ2) is 33.0. The molecular formula is C68H70ClN3O15S3. The van der Waals surface area contributed by atoms with E-state index < -0.39 is 47.3 Å². The fourth-order valence-electron chi connectivity index (χ4n) is 9.60. The molecule has 2 amide bonds. The number of sulfone groups is 3. The normalized spacial score (nSPS) is 15.6. The van der Waals surface area contributed by atoms with E-state index in [1.165, 1.54) is 6.07 Å². The van der Waals surface area contributed by atoms with E-state index in [9.17, 15) is 39.6 Å². The maximum absolute atomic E-state index is 12.9. The molecule has 0 bridgehead atoms. The van der Waals surface area contributed by atoms with Gasteiger partial charge in [0.05, 0.1) is 55.7 Å². The van der Waals surface area contributed by atoms with Gasteiger partial charge in [0.25, 0.3) is 0 Å². The van der Waals surface area contributed by atoms with Crippen LogP contribution in [0.25, 0.3) is 0 Å². The van der Waals surface area contributed by atoms with Crippen molar-refractivity contribution in [1.29, 1.82) is 0 Å². The summed E-state index contributed by atoms with van der Waals surface area (Å²) in [6.45, 7) is 1.22. The summed E-state index contributed by atoms with van der Waals surface area (Å²) >= 11 is 5.08. The van der Waals surface area contributed by atoms with E-state index in [1.807, 2.05) is 66.7 Å². The third-order valence-electron chi connectivity index (χ3n) is 14.4. The van der Waals surface area contributed by atoms with E-state index in [1.54, 1.807) is 133 Å². The molecule has 1 unspecified atom stereocenters. The second-order valence-corrected chi connectivity index (χ2v) is 27.2. The third kappa shape index (κ3) is 19.4. The average Bonchev–Trinajstić information content (AvgIpc) is 0.891. The molecule has 472 valence electrons. The minimum Gasteiger partial charge on any atom is -0.489 e. The molecule has 90 heavy (non-hydrogen) atoms. The summed E-state index contributed by atoms with van der Waals surface area (Å²) in [7, 11) is -10.7. The van der Waals surface area contributed by atoms with Gasteiger partial charge in [0, 0.05) is 6.54 Å². The summed E-state index contributed by atoms with van der Waals surface area (Å²) in [4.78, 5) is 34.9. The molecule has 18 nitrogen and oxygen atoms in total. The molecule has 0 spiro atoms. The van der Waals surface area contributed by atoms with Gasteiger partial charge in [-0.25, -0.2) is 25.3 Å². The molecule has 3 heterocycles. The van der Waals surface area contributed by atoms with Gasteiger partial charge in [0.2, 0.25) is 46.6 Å². The van der Waals surface area contributed by atoms with Crippen molar-refractivity contribution >= 4 is 58.2 Å². The number of carbonyl (C=O) groups excluding carboxylic acids is 3. The van der Waals surface area contributed by atoms with Crippen LogP contribution in [0.5, 0.6) is 17.2 Å². The van der Waals surface area contributed by atoms with Crippen LogP contribution in [0.15, 0.2) is 236 Å². The molecule has 0 radical (unpaired) electrons. The SMILES string of the molecule is NCC1CCc2ccc(S(=O)(=O)c3ccccc3)cc2O1.O=C(CO)NC[C@H]1CCc2ccc(S(=O)(=O)c3ccccc3)cc2O1.O=C(COCc1ccccc1)NC[C@H]1CCc2ccc(S(=O)(=O)c3ccccc3)cc2O1.O=C(Cl)COCc1ccccc1. The lowest BCUT2D eigenvalue weighted by Crippen LogP contribution is -2.38. The summed E-state index contributed by atoms with van der Waals surface area (Å²) < 4.78 is 104. The van der Waals surface area contributed by atoms with Crippen LogP contribution in [0, 0.1) is 0 Å². The minimum atomic E-state index is -3.62. The van der Waals surface area contributed by atoms with E-state index in [2.05, 4.69) is 10.6 Å². The number of hydrogen-bond acceptors (Lipinski definition) is 16. The number of amides is 2. The van der Waals surface area contributed by atoms with Gasteiger partial charge in [-0.1, -0.05) is 133 Å². The fourth-order valence-corrected chi connectivity index (χ4v) is 13.6. The van der Waals surface area contributed by atoms with Crippen molar-refractivity contribution in [3.05, 3.63) is 234 Å². The number of halogens is 1. The highest BCUT2D eigenvalue weighted by atomic mass is 35.5. The Morgan fingerprint density at radius 1 is 0.444 bits per heavy atom. The van der Waals surface area contributed by atoms with Gasteiger partial charge in [-0.15, -0.1) is 0 Å². The second-order valence-electron chi connectivity index (χ2n) is 20.9. The van der Waals surface area contributed by atoms with Gasteiger partial charge in [-0.3, -0.25) is 14.4 Å². The lowest BCUT2D eigenvalue weighted by atomic mass is 10.0. The molecular weight excluding hydrogens is 1230 g/mol. The molecule has 3 atom stereocenters. The largest absolute Gasteiger partial charge is 0.489 e. The number of aryl methyl sites for hydroxylation is 3. The number of nitrogens with two attached hydrogens (primary N) is 1. The first-order chi connectivity index (χ1) is 43.4. The summed E-state index contributed by atoms with van der Waals surface area (Å²) in [6, 6.07) is 59.3. The number of carbonyl (C=O) groups is 3. The smallest absolute Gasteiger partial charge is 0.247 e. The highest BCUT2D eigenvalue weighted by molar-refractivity contribution is 7.92. The number of nitrogens with one attached hydrogen (secondary N) is 2. The average molecular weight is 1300 g/mol. The molecule has 3 aliphatic rings. The fraction of sp³-hybridized carbons (Fsp3) is 0.250. The van der Waals surface area contributed by atoms with E-state index in [0.717, 1.165) is 59.9 Å². The summed E-state index contributed by atoms with van der Waals surface area (Å²) in [5, 5.41) is 13.7. The molecule has 0 saturated heterocycles. The van der Waals surface area contributed by atoms with Crippen molar-refractivity contribution in [3.63, 3.8) is 0 Å². The monoisotopic (exact) mass is 1300 g/mol. The lowest BCUT2D eigenvalue weighted by molar-refractivity contribution is -0.126.